The molecule has 0 radical (unpaired) electrons. The van der Waals surface area contributed by atoms with Gasteiger partial charge in [-0.2, -0.15) is 0 Å². The van der Waals surface area contributed by atoms with Gasteiger partial charge in [-0.05, 0) is 39.9 Å². The van der Waals surface area contributed by atoms with Gasteiger partial charge in [-0.15, -0.1) is 0 Å². The Kier molecular flexibility index (Phi) is 2.70. The molecule has 0 amide bonds. The SMILES string of the molecule is CC1=CCN(C2CCN(C)CC2)C1. The Bertz CT molecular complexity index is 202. The molecular weight excluding hydrogens is 160 g/mol. The maximum absolute atomic E-state index is 2.63. The maximum atomic E-state index is 2.63. The summed E-state index contributed by atoms with van der Waals surface area (Å²) in [5, 5.41) is 0. The number of piperidine rings is 1. The fraction of sp³-hybridized carbons (Fsp3) is 0.818. The van der Waals surface area contributed by atoms with Crippen LogP contribution in [0.15, 0.2) is 11.6 Å². The van der Waals surface area contributed by atoms with E-state index in [2.05, 4.69) is 29.8 Å². The summed E-state index contributed by atoms with van der Waals surface area (Å²) < 4.78 is 0. The van der Waals surface area contributed by atoms with Gasteiger partial charge in [-0.1, -0.05) is 11.6 Å². The number of likely N-dealkylation sites (tertiary alicyclic amines) is 1. The molecular formula is C11H20N2. The van der Waals surface area contributed by atoms with Crippen molar-refractivity contribution in [2.45, 2.75) is 25.8 Å². The average Bonchev–Trinajstić information content (AvgIpc) is 2.53. The fourth-order valence-electron chi connectivity index (χ4n) is 2.36. The van der Waals surface area contributed by atoms with Gasteiger partial charge in [-0.3, -0.25) is 4.90 Å². The smallest absolute Gasteiger partial charge is 0.0196 e. The Balaban J connectivity index is 1.82. The summed E-state index contributed by atoms with van der Waals surface area (Å²) >= 11 is 0. The zero-order chi connectivity index (χ0) is 9.26. The van der Waals surface area contributed by atoms with Crippen LogP contribution in [0.25, 0.3) is 0 Å². The lowest BCUT2D eigenvalue weighted by Crippen LogP contribution is -2.42. The van der Waals surface area contributed by atoms with Crippen molar-refractivity contribution >= 4 is 0 Å². The highest BCUT2D eigenvalue weighted by Gasteiger charge is 2.24. The van der Waals surface area contributed by atoms with E-state index in [0.717, 1.165) is 6.04 Å². The molecule has 2 heteroatoms. The van der Waals surface area contributed by atoms with E-state index >= 15 is 0 Å². The second kappa shape index (κ2) is 3.81. The zero-order valence-corrected chi connectivity index (χ0v) is 8.79. The molecule has 0 N–H and O–H groups in total. The standard InChI is InChI=1S/C11H20N2/c1-10-3-8-13(9-10)11-4-6-12(2)7-5-11/h3,11H,4-9H2,1-2H3. The Hall–Kier alpha value is -0.340. The van der Waals surface area contributed by atoms with E-state index < -0.39 is 0 Å². The molecule has 0 aromatic carbocycles. The van der Waals surface area contributed by atoms with Crippen LogP contribution in [0.1, 0.15) is 19.8 Å². The minimum atomic E-state index is 0.852. The van der Waals surface area contributed by atoms with Crippen LogP contribution in [-0.2, 0) is 0 Å². The van der Waals surface area contributed by atoms with Crippen LogP contribution in [0.3, 0.4) is 0 Å². The molecule has 0 saturated carbocycles. The van der Waals surface area contributed by atoms with Gasteiger partial charge in [0.15, 0.2) is 0 Å². The minimum Gasteiger partial charge on any atom is -0.306 e. The molecule has 1 saturated heterocycles. The molecule has 0 aliphatic carbocycles. The zero-order valence-electron chi connectivity index (χ0n) is 8.79. The minimum absolute atomic E-state index is 0.852. The van der Waals surface area contributed by atoms with Gasteiger partial charge in [0.2, 0.25) is 0 Å². The van der Waals surface area contributed by atoms with Crippen molar-refractivity contribution in [2.75, 3.05) is 33.2 Å². The lowest BCUT2D eigenvalue weighted by molar-refractivity contribution is 0.147. The number of nitrogens with zero attached hydrogens (tertiary/aromatic N) is 2. The van der Waals surface area contributed by atoms with Crippen molar-refractivity contribution in [1.29, 1.82) is 0 Å². The third kappa shape index (κ3) is 2.12. The van der Waals surface area contributed by atoms with Gasteiger partial charge < -0.3 is 4.90 Å². The van der Waals surface area contributed by atoms with Crippen molar-refractivity contribution in [2.24, 2.45) is 0 Å². The summed E-state index contributed by atoms with van der Waals surface area (Å²) in [4.78, 5) is 5.06. The van der Waals surface area contributed by atoms with E-state index in [0.29, 0.717) is 0 Å². The molecule has 0 atom stereocenters. The number of hydrogen-bond acceptors (Lipinski definition) is 2. The first-order valence-corrected chi connectivity index (χ1v) is 5.34. The summed E-state index contributed by atoms with van der Waals surface area (Å²) in [5.41, 5.74) is 1.55. The third-order valence-electron chi connectivity index (χ3n) is 3.33. The van der Waals surface area contributed by atoms with Crippen LogP contribution in [0.4, 0.5) is 0 Å². The van der Waals surface area contributed by atoms with E-state index in [4.69, 9.17) is 0 Å². The van der Waals surface area contributed by atoms with Crippen LogP contribution >= 0.6 is 0 Å². The molecule has 2 aliphatic rings. The second-order valence-corrected chi connectivity index (χ2v) is 4.51. The van der Waals surface area contributed by atoms with Crippen LogP contribution in [0.2, 0.25) is 0 Å². The molecule has 13 heavy (non-hydrogen) atoms. The van der Waals surface area contributed by atoms with Crippen LogP contribution in [0.5, 0.6) is 0 Å². The second-order valence-electron chi connectivity index (χ2n) is 4.51. The molecule has 2 nitrogen and oxygen atoms in total. The van der Waals surface area contributed by atoms with Gasteiger partial charge in [0.05, 0.1) is 0 Å². The van der Waals surface area contributed by atoms with E-state index in [1.165, 1.54) is 39.0 Å². The van der Waals surface area contributed by atoms with Crippen molar-refractivity contribution < 1.29 is 0 Å². The molecule has 0 aromatic heterocycles. The van der Waals surface area contributed by atoms with E-state index in [-0.39, 0.29) is 0 Å². The Morgan fingerprint density at radius 3 is 2.54 bits per heavy atom. The molecule has 0 aromatic rings. The highest BCUT2D eigenvalue weighted by atomic mass is 15.2. The van der Waals surface area contributed by atoms with Crippen LogP contribution < -0.4 is 0 Å². The van der Waals surface area contributed by atoms with Crippen LogP contribution in [0, 0.1) is 0 Å². The summed E-state index contributed by atoms with van der Waals surface area (Å²) in [7, 11) is 2.23. The fourth-order valence-corrected chi connectivity index (χ4v) is 2.36. The first kappa shape index (κ1) is 9.22. The first-order chi connectivity index (χ1) is 6.25. The van der Waals surface area contributed by atoms with Crippen LogP contribution in [-0.4, -0.2) is 49.1 Å². The topological polar surface area (TPSA) is 6.48 Å². The largest absolute Gasteiger partial charge is 0.306 e. The molecule has 2 rings (SSSR count). The normalized spacial score (nSPS) is 28.0. The van der Waals surface area contributed by atoms with Crippen molar-refractivity contribution in [3.63, 3.8) is 0 Å². The Morgan fingerprint density at radius 2 is 2.00 bits per heavy atom. The quantitative estimate of drug-likeness (QED) is 0.562. The van der Waals surface area contributed by atoms with Gasteiger partial charge in [0.1, 0.15) is 0 Å². The lowest BCUT2D eigenvalue weighted by atomic mass is 10.0. The molecule has 0 spiro atoms. The number of hydrogen-bond donors (Lipinski definition) is 0. The van der Waals surface area contributed by atoms with Gasteiger partial charge in [0, 0.05) is 19.1 Å². The van der Waals surface area contributed by atoms with E-state index in [1.807, 2.05) is 0 Å². The summed E-state index contributed by atoms with van der Waals surface area (Å²) in [6, 6.07) is 0.852. The predicted octanol–water partition coefficient (Wildman–Crippen LogP) is 1.34. The molecule has 2 aliphatic heterocycles. The van der Waals surface area contributed by atoms with Crippen molar-refractivity contribution in [3.05, 3.63) is 11.6 Å². The lowest BCUT2D eigenvalue weighted by Gasteiger charge is -2.35. The van der Waals surface area contributed by atoms with Gasteiger partial charge >= 0.3 is 0 Å². The van der Waals surface area contributed by atoms with Crippen molar-refractivity contribution in [1.82, 2.24) is 9.80 Å². The number of rotatable bonds is 1. The van der Waals surface area contributed by atoms with Gasteiger partial charge in [0.25, 0.3) is 0 Å². The average molecular weight is 180 g/mol. The molecule has 2 heterocycles. The molecule has 74 valence electrons. The third-order valence-corrected chi connectivity index (χ3v) is 3.33. The Labute approximate surface area is 81.2 Å². The molecule has 0 bridgehead atoms. The Morgan fingerprint density at radius 1 is 1.31 bits per heavy atom. The highest BCUT2D eigenvalue weighted by Crippen LogP contribution is 2.19. The summed E-state index contributed by atoms with van der Waals surface area (Å²) in [5.74, 6) is 0. The molecule has 0 unspecified atom stereocenters. The first-order valence-electron chi connectivity index (χ1n) is 5.34. The van der Waals surface area contributed by atoms with Gasteiger partial charge in [-0.25, -0.2) is 0 Å². The summed E-state index contributed by atoms with van der Waals surface area (Å²) in [6.45, 7) is 7.21. The molecule has 1 fully saturated rings. The van der Waals surface area contributed by atoms with Crippen molar-refractivity contribution in [3.8, 4) is 0 Å². The predicted molar refractivity (Wildman–Crippen MR) is 55.8 cm³/mol. The maximum Gasteiger partial charge on any atom is 0.0196 e. The van der Waals surface area contributed by atoms with E-state index in [1.54, 1.807) is 5.57 Å². The van der Waals surface area contributed by atoms with E-state index in [9.17, 15) is 0 Å². The summed E-state index contributed by atoms with van der Waals surface area (Å²) in [6.07, 6.45) is 5.09. The monoisotopic (exact) mass is 180 g/mol. The highest BCUT2D eigenvalue weighted by molar-refractivity contribution is 5.09.